The highest BCUT2D eigenvalue weighted by Gasteiger charge is 2.09. The second kappa shape index (κ2) is 4.80. The first kappa shape index (κ1) is 12.0. The molecular formula is C10H12N4OS2. The van der Waals surface area contributed by atoms with Gasteiger partial charge in [0, 0.05) is 23.8 Å². The molecule has 0 aliphatic heterocycles. The van der Waals surface area contributed by atoms with Crippen LogP contribution in [0.4, 0.5) is 5.69 Å². The van der Waals surface area contributed by atoms with Crippen molar-refractivity contribution in [2.24, 2.45) is 7.05 Å². The summed E-state index contributed by atoms with van der Waals surface area (Å²) in [5.74, 6) is -0.0636. The van der Waals surface area contributed by atoms with Crippen molar-refractivity contribution in [2.75, 3.05) is 5.32 Å². The van der Waals surface area contributed by atoms with Gasteiger partial charge in [-0.15, -0.1) is 11.3 Å². The fourth-order valence-corrected chi connectivity index (χ4v) is 2.73. The summed E-state index contributed by atoms with van der Waals surface area (Å²) in [6.45, 7) is 1.92. The molecule has 90 valence electrons. The van der Waals surface area contributed by atoms with Gasteiger partial charge >= 0.3 is 0 Å². The van der Waals surface area contributed by atoms with E-state index >= 15 is 0 Å². The Labute approximate surface area is 107 Å². The molecule has 0 unspecified atom stereocenters. The molecule has 0 aliphatic carbocycles. The lowest BCUT2D eigenvalue weighted by molar-refractivity contribution is -0.115. The van der Waals surface area contributed by atoms with Crippen molar-refractivity contribution in [1.29, 1.82) is 0 Å². The molecule has 2 aromatic heterocycles. The smallest absolute Gasteiger partial charge is 0.229 e. The van der Waals surface area contributed by atoms with Crippen molar-refractivity contribution in [3.63, 3.8) is 0 Å². The zero-order valence-corrected chi connectivity index (χ0v) is 11.1. The van der Waals surface area contributed by atoms with Gasteiger partial charge < -0.3 is 10.3 Å². The summed E-state index contributed by atoms with van der Waals surface area (Å²) < 4.78 is 2.34. The fraction of sp³-hybridized carbons (Fsp3) is 0.300. The van der Waals surface area contributed by atoms with E-state index in [2.05, 4.69) is 15.4 Å². The number of aromatic nitrogens is 3. The lowest BCUT2D eigenvalue weighted by Crippen LogP contribution is -2.13. The minimum absolute atomic E-state index is 0.0636. The van der Waals surface area contributed by atoms with E-state index in [-0.39, 0.29) is 5.91 Å². The number of aromatic amines is 1. The predicted octanol–water partition coefficient (Wildman–Crippen LogP) is 2.03. The number of hydrogen-bond acceptors (Lipinski definition) is 4. The zero-order valence-electron chi connectivity index (χ0n) is 9.48. The highest BCUT2D eigenvalue weighted by molar-refractivity contribution is 7.73. The van der Waals surface area contributed by atoms with Crippen LogP contribution in [0.5, 0.6) is 0 Å². The Balaban J connectivity index is 2.02. The number of thiazole rings is 1. The van der Waals surface area contributed by atoms with E-state index in [0.717, 1.165) is 10.6 Å². The molecule has 0 aromatic carbocycles. The van der Waals surface area contributed by atoms with Crippen LogP contribution in [0.25, 0.3) is 0 Å². The number of carbonyl (C=O) groups excluding carboxylic acids is 1. The van der Waals surface area contributed by atoms with Crippen molar-refractivity contribution in [3.8, 4) is 0 Å². The zero-order chi connectivity index (χ0) is 12.4. The minimum Gasteiger partial charge on any atom is -0.341 e. The Bertz CT molecular complexity index is 595. The van der Waals surface area contributed by atoms with Gasteiger partial charge in [0.1, 0.15) is 0 Å². The van der Waals surface area contributed by atoms with Crippen LogP contribution in [0.2, 0.25) is 0 Å². The highest BCUT2D eigenvalue weighted by atomic mass is 32.1. The Hall–Kier alpha value is -1.47. The van der Waals surface area contributed by atoms with E-state index in [1.54, 1.807) is 24.1 Å². The number of H-pyrrole nitrogens is 1. The van der Waals surface area contributed by atoms with E-state index in [1.807, 2.05) is 6.92 Å². The number of amides is 1. The standard InChI is InChI=1S/C10H12N4OS2/c1-6-8(17-10(16)12-6)3-9(15)13-7-4-11-14(2)5-7/h4-5H,3H2,1-2H3,(H,12,16)(H,13,15). The van der Waals surface area contributed by atoms with E-state index in [1.165, 1.54) is 11.3 Å². The monoisotopic (exact) mass is 268 g/mol. The average Bonchev–Trinajstić information content (AvgIpc) is 2.74. The van der Waals surface area contributed by atoms with Crippen LogP contribution < -0.4 is 5.32 Å². The summed E-state index contributed by atoms with van der Waals surface area (Å²) in [4.78, 5) is 15.7. The first-order valence-electron chi connectivity index (χ1n) is 5.01. The molecule has 0 atom stereocenters. The largest absolute Gasteiger partial charge is 0.341 e. The van der Waals surface area contributed by atoms with Gasteiger partial charge in [-0.05, 0) is 19.1 Å². The van der Waals surface area contributed by atoms with Crippen LogP contribution in [0, 0.1) is 10.9 Å². The molecule has 0 fully saturated rings. The molecule has 0 bridgehead atoms. The SMILES string of the molecule is Cc1[nH]c(=S)sc1CC(=O)Nc1cnn(C)c1. The van der Waals surface area contributed by atoms with Crippen LogP contribution in [-0.2, 0) is 18.3 Å². The molecule has 2 heterocycles. The quantitative estimate of drug-likeness (QED) is 0.837. The number of rotatable bonds is 3. The summed E-state index contributed by atoms with van der Waals surface area (Å²) in [6.07, 6.45) is 3.70. The Kier molecular flexibility index (Phi) is 3.39. The third-order valence-corrected chi connectivity index (χ3v) is 3.57. The number of anilines is 1. The average molecular weight is 268 g/mol. The van der Waals surface area contributed by atoms with E-state index in [9.17, 15) is 4.79 Å². The lowest BCUT2D eigenvalue weighted by atomic mass is 10.3. The van der Waals surface area contributed by atoms with Crippen LogP contribution in [0.1, 0.15) is 10.6 Å². The molecule has 0 aliphatic rings. The molecule has 1 amide bonds. The van der Waals surface area contributed by atoms with Crippen molar-refractivity contribution in [2.45, 2.75) is 13.3 Å². The summed E-state index contributed by atoms with van der Waals surface area (Å²) in [5.41, 5.74) is 1.66. The summed E-state index contributed by atoms with van der Waals surface area (Å²) in [7, 11) is 1.80. The Morgan fingerprint density at radius 3 is 3.00 bits per heavy atom. The Morgan fingerprint density at radius 2 is 2.47 bits per heavy atom. The van der Waals surface area contributed by atoms with Crippen molar-refractivity contribution in [3.05, 3.63) is 26.9 Å². The van der Waals surface area contributed by atoms with Gasteiger partial charge in [-0.1, -0.05) is 0 Å². The van der Waals surface area contributed by atoms with Crippen LogP contribution in [0.3, 0.4) is 0 Å². The maximum absolute atomic E-state index is 11.8. The molecule has 2 rings (SSSR count). The summed E-state index contributed by atoms with van der Waals surface area (Å²) in [5, 5.41) is 6.76. The van der Waals surface area contributed by atoms with Gasteiger partial charge in [-0.3, -0.25) is 9.48 Å². The van der Waals surface area contributed by atoms with Gasteiger partial charge in [0.25, 0.3) is 0 Å². The molecule has 0 saturated carbocycles. The minimum atomic E-state index is -0.0636. The topological polar surface area (TPSA) is 62.7 Å². The van der Waals surface area contributed by atoms with E-state index in [4.69, 9.17) is 12.2 Å². The first-order valence-corrected chi connectivity index (χ1v) is 6.24. The maximum atomic E-state index is 11.8. The third-order valence-electron chi connectivity index (χ3n) is 2.23. The molecule has 2 N–H and O–H groups in total. The molecule has 0 saturated heterocycles. The maximum Gasteiger partial charge on any atom is 0.229 e. The van der Waals surface area contributed by atoms with Crippen LogP contribution >= 0.6 is 23.6 Å². The van der Waals surface area contributed by atoms with Crippen molar-refractivity contribution in [1.82, 2.24) is 14.8 Å². The molecule has 5 nitrogen and oxygen atoms in total. The molecule has 2 aromatic rings. The normalized spacial score (nSPS) is 10.5. The van der Waals surface area contributed by atoms with E-state index < -0.39 is 0 Å². The second-order valence-corrected chi connectivity index (χ2v) is 5.46. The molecule has 7 heteroatoms. The number of nitrogens with one attached hydrogen (secondary N) is 2. The van der Waals surface area contributed by atoms with Crippen LogP contribution in [0.15, 0.2) is 12.4 Å². The van der Waals surface area contributed by atoms with Gasteiger partial charge in [0.15, 0.2) is 3.95 Å². The fourth-order valence-electron chi connectivity index (χ4n) is 1.44. The van der Waals surface area contributed by atoms with Gasteiger partial charge in [0.2, 0.25) is 5.91 Å². The van der Waals surface area contributed by atoms with Gasteiger partial charge in [-0.25, -0.2) is 0 Å². The summed E-state index contributed by atoms with van der Waals surface area (Å²) in [6, 6.07) is 0. The van der Waals surface area contributed by atoms with Crippen LogP contribution in [-0.4, -0.2) is 20.7 Å². The van der Waals surface area contributed by atoms with E-state index in [0.29, 0.717) is 16.1 Å². The summed E-state index contributed by atoms with van der Waals surface area (Å²) >= 11 is 6.46. The molecule has 0 radical (unpaired) electrons. The predicted molar refractivity (Wildman–Crippen MR) is 69.8 cm³/mol. The first-order chi connectivity index (χ1) is 8.04. The van der Waals surface area contributed by atoms with Gasteiger partial charge in [-0.2, -0.15) is 5.10 Å². The molecule has 0 spiro atoms. The molecule has 17 heavy (non-hydrogen) atoms. The number of carbonyl (C=O) groups is 1. The van der Waals surface area contributed by atoms with Crippen molar-refractivity contribution >= 4 is 35.1 Å². The second-order valence-electron chi connectivity index (χ2n) is 3.69. The number of nitrogens with zero attached hydrogens (tertiary/aromatic N) is 2. The third kappa shape index (κ3) is 3.01. The number of aryl methyl sites for hydroxylation is 2. The lowest BCUT2D eigenvalue weighted by Gasteiger charge is -2.00. The Morgan fingerprint density at radius 1 is 1.71 bits per heavy atom. The van der Waals surface area contributed by atoms with Gasteiger partial charge in [0.05, 0.1) is 18.3 Å². The molecular weight excluding hydrogens is 256 g/mol. The number of hydrogen-bond donors (Lipinski definition) is 2. The highest BCUT2D eigenvalue weighted by Crippen LogP contribution is 2.16. The van der Waals surface area contributed by atoms with Crippen molar-refractivity contribution < 1.29 is 4.79 Å².